The van der Waals surface area contributed by atoms with Crippen LogP contribution in [0.4, 0.5) is 0 Å². The Hall–Kier alpha value is -1.51. The molecule has 108 valence electrons. The molecule has 2 aromatic carbocycles. The average Bonchev–Trinajstić information content (AvgIpc) is 2.74. The Morgan fingerprint density at radius 2 is 1.86 bits per heavy atom. The molecule has 0 amide bonds. The van der Waals surface area contributed by atoms with Crippen molar-refractivity contribution in [2.45, 2.75) is 17.1 Å². The van der Waals surface area contributed by atoms with E-state index in [1.54, 1.807) is 11.8 Å². The number of thioether (sulfide) groups is 1. The first kappa shape index (κ1) is 8.82. The summed E-state index contributed by atoms with van der Waals surface area (Å²) in [5, 5.41) is 0. The molecule has 21 heavy (non-hydrogen) atoms. The van der Waals surface area contributed by atoms with E-state index in [-0.39, 0.29) is 6.54 Å². The molecule has 0 N–H and O–H groups in total. The molecule has 2 aromatic rings. The first-order valence-electron chi connectivity index (χ1n) is 9.96. The fourth-order valence-electron chi connectivity index (χ4n) is 2.58. The number of nitrogens with zero attached hydrogens (tertiary/aromatic N) is 1. The van der Waals surface area contributed by atoms with Crippen LogP contribution in [0.2, 0.25) is 0 Å². The Morgan fingerprint density at radius 3 is 2.71 bits per heavy atom. The summed E-state index contributed by atoms with van der Waals surface area (Å²) < 4.78 is 45.1. The molecule has 0 aromatic heterocycles. The van der Waals surface area contributed by atoms with E-state index in [1.165, 1.54) is 10.5 Å². The lowest BCUT2D eigenvalue weighted by atomic mass is 9.93. The molecule has 0 radical (unpaired) electrons. The molecule has 1 aliphatic heterocycles. The van der Waals surface area contributed by atoms with Crippen molar-refractivity contribution >= 4 is 17.3 Å². The van der Waals surface area contributed by atoms with Gasteiger partial charge in [-0.15, -0.1) is 11.8 Å². The molecular weight excluding hydrogens is 274 g/mol. The summed E-state index contributed by atoms with van der Waals surface area (Å²) in [7, 11) is 0. The van der Waals surface area contributed by atoms with Gasteiger partial charge in [0.1, 0.15) is 0 Å². The second kappa shape index (κ2) is 6.50. The molecule has 1 nitrogen and oxygen atoms in total. The highest BCUT2D eigenvalue weighted by molar-refractivity contribution is 7.98. The van der Waals surface area contributed by atoms with Crippen LogP contribution in [0.5, 0.6) is 0 Å². The summed E-state index contributed by atoms with van der Waals surface area (Å²) in [6.07, 6.45) is 2.30. The van der Waals surface area contributed by atoms with E-state index in [1.807, 2.05) is 30.3 Å². The van der Waals surface area contributed by atoms with Gasteiger partial charge in [0, 0.05) is 25.4 Å². The summed E-state index contributed by atoms with van der Waals surface area (Å²) in [5.74, 6) is 0.862. The van der Waals surface area contributed by atoms with Gasteiger partial charge in [-0.05, 0) is 48.7 Å². The maximum absolute atomic E-state index is 7.51. The number of hydrogen-bond donors (Lipinski definition) is 0. The first-order valence-corrected chi connectivity index (χ1v) is 7.95. The molecule has 1 heterocycles. The Labute approximate surface area is 140 Å². The number of hydrogen-bond acceptors (Lipinski definition) is 2. The van der Waals surface area contributed by atoms with E-state index in [2.05, 4.69) is 24.3 Å². The standard InChI is InChI=1S/C19H21NS/c1-20(2)13-7-11-17-16-9-4-3-8-15(16)14-21-19-12-6-5-10-18(17)19/h3-6,8-12H,7,13-14H2,1-2H3/i1D3,2D3. The Morgan fingerprint density at radius 1 is 1.10 bits per heavy atom. The highest BCUT2D eigenvalue weighted by atomic mass is 32.2. The molecule has 2 heteroatoms. The lowest BCUT2D eigenvalue weighted by Gasteiger charge is -2.12. The van der Waals surface area contributed by atoms with Gasteiger partial charge in [0.2, 0.25) is 0 Å². The van der Waals surface area contributed by atoms with Gasteiger partial charge in [-0.25, -0.2) is 0 Å². The van der Waals surface area contributed by atoms with E-state index in [0.717, 1.165) is 22.5 Å². The lowest BCUT2D eigenvalue weighted by molar-refractivity contribution is 0.417. The summed E-state index contributed by atoms with van der Waals surface area (Å²) in [4.78, 5) is 1.78. The van der Waals surface area contributed by atoms with Crippen LogP contribution in [-0.2, 0) is 5.75 Å². The first-order chi connectivity index (χ1) is 12.7. The molecule has 0 bridgehead atoms. The number of benzene rings is 2. The zero-order valence-electron chi connectivity index (χ0n) is 17.7. The minimum absolute atomic E-state index is 0.0615. The van der Waals surface area contributed by atoms with Crippen molar-refractivity contribution in [3.63, 3.8) is 0 Å². The van der Waals surface area contributed by atoms with Gasteiger partial charge in [0.25, 0.3) is 0 Å². The minimum Gasteiger partial charge on any atom is -0.309 e. The quantitative estimate of drug-likeness (QED) is 0.810. The van der Waals surface area contributed by atoms with Crippen molar-refractivity contribution in [2.75, 3.05) is 20.5 Å². The molecule has 0 saturated carbocycles. The maximum Gasteiger partial charge on any atom is 0.0394 e. The molecule has 0 atom stereocenters. The van der Waals surface area contributed by atoms with Gasteiger partial charge in [0.15, 0.2) is 0 Å². The highest BCUT2D eigenvalue weighted by Crippen LogP contribution is 2.39. The van der Waals surface area contributed by atoms with Gasteiger partial charge in [0.05, 0.1) is 0 Å². The molecule has 3 rings (SSSR count). The molecular formula is C19H21NS. The largest absolute Gasteiger partial charge is 0.309 e. The predicted octanol–water partition coefficient (Wildman–Crippen LogP) is 4.68. The Balaban J connectivity index is 1.95. The maximum atomic E-state index is 7.51. The predicted molar refractivity (Wildman–Crippen MR) is 92.7 cm³/mol. The summed E-state index contributed by atoms with van der Waals surface area (Å²) in [6.45, 7) is -5.37. The van der Waals surface area contributed by atoms with E-state index in [0.29, 0.717) is 11.3 Å². The molecule has 0 fully saturated rings. The van der Waals surface area contributed by atoms with Crippen molar-refractivity contribution in [3.8, 4) is 0 Å². The van der Waals surface area contributed by atoms with Crippen LogP contribution < -0.4 is 0 Å². The minimum atomic E-state index is -2.65. The molecule has 0 saturated heterocycles. The van der Waals surface area contributed by atoms with Gasteiger partial charge in [-0.3, -0.25) is 0 Å². The fourth-order valence-corrected chi connectivity index (χ4v) is 3.65. The average molecular weight is 301 g/mol. The van der Waals surface area contributed by atoms with Crippen molar-refractivity contribution < 1.29 is 8.22 Å². The smallest absolute Gasteiger partial charge is 0.0394 e. The van der Waals surface area contributed by atoms with Crippen molar-refractivity contribution in [2.24, 2.45) is 0 Å². The Kier molecular flexibility index (Phi) is 2.73. The molecule has 0 unspecified atom stereocenters. The van der Waals surface area contributed by atoms with E-state index >= 15 is 0 Å². The van der Waals surface area contributed by atoms with Crippen LogP contribution in [0.3, 0.4) is 0 Å². The summed E-state index contributed by atoms with van der Waals surface area (Å²) in [6, 6.07) is 16.3. The van der Waals surface area contributed by atoms with Crippen LogP contribution in [0.25, 0.3) is 5.57 Å². The zero-order valence-corrected chi connectivity index (χ0v) is 12.5. The lowest BCUT2D eigenvalue weighted by Crippen LogP contribution is -2.12. The van der Waals surface area contributed by atoms with Gasteiger partial charge in [-0.1, -0.05) is 48.5 Å². The third-order valence-corrected chi connectivity index (χ3v) is 4.69. The summed E-state index contributed by atoms with van der Waals surface area (Å²) in [5.41, 5.74) is 4.46. The molecule has 0 aliphatic carbocycles. The van der Waals surface area contributed by atoms with Crippen LogP contribution in [0.15, 0.2) is 59.5 Å². The highest BCUT2D eigenvalue weighted by Gasteiger charge is 2.17. The van der Waals surface area contributed by atoms with Gasteiger partial charge < -0.3 is 4.90 Å². The van der Waals surface area contributed by atoms with Crippen molar-refractivity contribution in [3.05, 3.63) is 71.3 Å². The van der Waals surface area contributed by atoms with Crippen molar-refractivity contribution in [1.29, 1.82) is 0 Å². The Bertz CT molecular complexity index is 777. The van der Waals surface area contributed by atoms with Gasteiger partial charge >= 0.3 is 0 Å². The SMILES string of the molecule is [2H]C([2H])([2H])N(CCC=C1c2ccccc2CSc2ccccc21)C([2H])([2H])[2H]. The zero-order chi connectivity index (χ0) is 19.7. The second-order valence-electron chi connectivity index (χ2n) is 5.00. The monoisotopic (exact) mass is 301 g/mol. The van der Waals surface area contributed by atoms with Crippen LogP contribution in [0, 0.1) is 0 Å². The second-order valence-corrected chi connectivity index (χ2v) is 6.02. The molecule has 1 aliphatic rings. The van der Waals surface area contributed by atoms with Gasteiger partial charge in [-0.2, -0.15) is 0 Å². The van der Waals surface area contributed by atoms with Crippen LogP contribution >= 0.6 is 11.8 Å². The third-order valence-electron chi connectivity index (χ3n) is 3.57. The fraction of sp³-hybridized carbons (Fsp3) is 0.263. The van der Waals surface area contributed by atoms with E-state index in [4.69, 9.17) is 8.22 Å². The van der Waals surface area contributed by atoms with E-state index < -0.39 is 14.0 Å². The van der Waals surface area contributed by atoms with Crippen LogP contribution in [-0.4, -0.2) is 25.4 Å². The topological polar surface area (TPSA) is 3.24 Å². The molecule has 0 spiro atoms. The number of fused-ring (bicyclic) bond motifs is 2. The summed E-state index contributed by atoms with van der Waals surface area (Å²) >= 11 is 1.77. The van der Waals surface area contributed by atoms with Crippen LogP contribution in [0.1, 0.15) is 31.3 Å². The normalized spacial score (nSPS) is 21.1. The third kappa shape index (κ3) is 3.22. The van der Waals surface area contributed by atoms with Crippen molar-refractivity contribution in [1.82, 2.24) is 4.90 Å². The number of rotatable bonds is 3. The van der Waals surface area contributed by atoms with E-state index in [9.17, 15) is 0 Å².